The standard InChI is InChI=1S/C20H27N3O5S/c1-3-5-12-28-15-8-6-14(7-9-15)18(25)22-20(29)23-11-10-21-19(26)16(23)13-17(24)27-4-2/h6-9,16H,3-5,10-13H2,1-2H3,(H,21,26)(H,22,25,29). The summed E-state index contributed by atoms with van der Waals surface area (Å²) < 4.78 is 10.5. The van der Waals surface area contributed by atoms with Gasteiger partial charge in [-0.05, 0) is 49.8 Å². The summed E-state index contributed by atoms with van der Waals surface area (Å²) in [6, 6.07) is 5.94. The minimum atomic E-state index is -0.815. The predicted octanol–water partition coefficient (Wildman–Crippen LogP) is 1.63. The van der Waals surface area contributed by atoms with Crippen LogP contribution in [0.3, 0.4) is 0 Å². The van der Waals surface area contributed by atoms with E-state index in [1.807, 2.05) is 0 Å². The van der Waals surface area contributed by atoms with Gasteiger partial charge in [0.1, 0.15) is 11.8 Å². The van der Waals surface area contributed by atoms with Crippen molar-refractivity contribution in [2.75, 3.05) is 26.3 Å². The zero-order valence-electron chi connectivity index (χ0n) is 16.7. The number of nitrogens with one attached hydrogen (secondary N) is 2. The summed E-state index contributed by atoms with van der Waals surface area (Å²) in [7, 11) is 0. The van der Waals surface area contributed by atoms with E-state index in [0.29, 0.717) is 31.0 Å². The quantitative estimate of drug-likeness (QED) is 0.374. The Balaban J connectivity index is 1.98. The highest BCUT2D eigenvalue weighted by molar-refractivity contribution is 7.80. The number of esters is 1. The number of ether oxygens (including phenoxy) is 2. The molecule has 1 heterocycles. The molecule has 1 aliphatic rings. The number of amides is 2. The molecule has 1 fully saturated rings. The summed E-state index contributed by atoms with van der Waals surface area (Å²) in [5, 5.41) is 5.44. The Morgan fingerprint density at radius 2 is 2.00 bits per heavy atom. The molecular formula is C20H27N3O5S. The number of hydrogen-bond donors (Lipinski definition) is 2. The smallest absolute Gasteiger partial charge is 0.308 e. The Morgan fingerprint density at radius 3 is 2.66 bits per heavy atom. The zero-order chi connectivity index (χ0) is 21.2. The van der Waals surface area contributed by atoms with Crippen LogP contribution in [0.25, 0.3) is 0 Å². The van der Waals surface area contributed by atoms with Gasteiger partial charge in [0.25, 0.3) is 5.91 Å². The molecule has 0 aliphatic carbocycles. The fourth-order valence-corrected chi connectivity index (χ4v) is 3.13. The van der Waals surface area contributed by atoms with Crippen molar-refractivity contribution in [3.8, 4) is 5.75 Å². The van der Waals surface area contributed by atoms with Crippen LogP contribution in [0.15, 0.2) is 24.3 Å². The maximum atomic E-state index is 12.5. The molecule has 0 spiro atoms. The second-order valence-corrected chi connectivity index (χ2v) is 6.88. The van der Waals surface area contributed by atoms with E-state index in [9.17, 15) is 14.4 Å². The lowest BCUT2D eigenvalue weighted by molar-refractivity contribution is -0.147. The predicted molar refractivity (Wildman–Crippen MR) is 112 cm³/mol. The van der Waals surface area contributed by atoms with Crippen LogP contribution in [0.1, 0.15) is 43.5 Å². The molecule has 2 N–H and O–H groups in total. The van der Waals surface area contributed by atoms with Crippen LogP contribution in [0, 0.1) is 0 Å². The van der Waals surface area contributed by atoms with Crippen LogP contribution in [-0.4, -0.2) is 60.1 Å². The second kappa shape index (κ2) is 11.4. The van der Waals surface area contributed by atoms with Gasteiger partial charge in [0.15, 0.2) is 5.11 Å². The Morgan fingerprint density at radius 1 is 1.28 bits per heavy atom. The van der Waals surface area contributed by atoms with Gasteiger partial charge in [-0.2, -0.15) is 0 Å². The fourth-order valence-electron chi connectivity index (χ4n) is 2.82. The molecule has 9 heteroatoms. The van der Waals surface area contributed by atoms with Gasteiger partial charge in [0.2, 0.25) is 5.91 Å². The highest BCUT2D eigenvalue weighted by Gasteiger charge is 2.34. The number of rotatable bonds is 8. The Kier molecular flexibility index (Phi) is 8.85. The van der Waals surface area contributed by atoms with Crippen molar-refractivity contribution in [2.45, 2.75) is 39.2 Å². The van der Waals surface area contributed by atoms with E-state index >= 15 is 0 Å². The number of unbranched alkanes of at least 4 members (excludes halogenated alkanes) is 1. The molecule has 1 saturated heterocycles. The van der Waals surface area contributed by atoms with Crippen LogP contribution < -0.4 is 15.4 Å². The monoisotopic (exact) mass is 421 g/mol. The van der Waals surface area contributed by atoms with E-state index in [2.05, 4.69) is 17.6 Å². The lowest BCUT2D eigenvalue weighted by Crippen LogP contribution is -2.60. The van der Waals surface area contributed by atoms with Crippen molar-refractivity contribution in [3.05, 3.63) is 29.8 Å². The summed E-state index contributed by atoms with van der Waals surface area (Å²) in [6.45, 7) is 5.40. The number of carbonyl (C=O) groups is 3. The average Bonchev–Trinajstić information content (AvgIpc) is 2.70. The first-order valence-electron chi connectivity index (χ1n) is 9.74. The topological polar surface area (TPSA) is 97.0 Å². The second-order valence-electron chi connectivity index (χ2n) is 6.50. The normalized spacial score (nSPS) is 16.0. The third-order valence-corrected chi connectivity index (χ3v) is 4.70. The molecule has 0 radical (unpaired) electrons. The van der Waals surface area contributed by atoms with Crippen molar-refractivity contribution in [1.29, 1.82) is 0 Å². The molecule has 1 aliphatic heterocycles. The highest BCUT2D eigenvalue weighted by Crippen LogP contribution is 2.14. The molecule has 1 unspecified atom stereocenters. The SMILES string of the molecule is CCCCOc1ccc(C(=O)NC(=S)N2CCNC(=O)C2CC(=O)OCC)cc1. The lowest BCUT2D eigenvalue weighted by atomic mass is 10.1. The summed E-state index contributed by atoms with van der Waals surface area (Å²) in [6.07, 6.45) is 1.87. The molecule has 8 nitrogen and oxygen atoms in total. The molecule has 0 aromatic heterocycles. The van der Waals surface area contributed by atoms with Crippen molar-refractivity contribution in [1.82, 2.24) is 15.5 Å². The van der Waals surface area contributed by atoms with E-state index in [0.717, 1.165) is 12.8 Å². The summed E-state index contributed by atoms with van der Waals surface area (Å²) in [5.74, 6) is -0.516. The molecule has 158 valence electrons. The van der Waals surface area contributed by atoms with Crippen LogP contribution in [0.2, 0.25) is 0 Å². The van der Waals surface area contributed by atoms with Crippen LogP contribution >= 0.6 is 12.2 Å². The molecule has 1 aromatic rings. The number of hydrogen-bond acceptors (Lipinski definition) is 6. The summed E-state index contributed by atoms with van der Waals surface area (Å²) >= 11 is 5.33. The van der Waals surface area contributed by atoms with Crippen LogP contribution in [0.5, 0.6) is 5.75 Å². The average molecular weight is 422 g/mol. The Hall–Kier alpha value is -2.68. The number of nitrogens with zero attached hydrogens (tertiary/aromatic N) is 1. The maximum Gasteiger partial charge on any atom is 0.308 e. The van der Waals surface area contributed by atoms with E-state index in [1.165, 1.54) is 0 Å². The number of thiocarbonyl (C=S) groups is 1. The van der Waals surface area contributed by atoms with Gasteiger partial charge in [-0.1, -0.05) is 13.3 Å². The summed E-state index contributed by atoms with van der Waals surface area (Å²) in [4.78, 5) is 38.1. The molecule has 2 amide bonds. The van der Waals surface area contributed by atoms with E-state index in [4.69, 9.17) is 21.7 Å². The minimum absolute atomic E-state index is 0.0995. The van der Waals surface area contributed by atoms with Gasteiger partial charge in [0, 0.05) is 18.7 Å². The van der Waals surface area contributed by atoms with Gasteiger partial charge >= 0.3 is 5.97 Å². The minimum Gasteiger partial charge on any atom is -0.494 e. The molecule has 29 heavy (non-hydrogen) atoms. The first-order chi connectivity index (χ1) is 14.0. The molecular weight excluding hydrogens is 394 g/mol. The van der Waals surface area contributed by atoms with Crippen molar-refractivity contribution < 1.29 is 23.9 Å². The van der Waals surface area contributed by atoms with Gasteiger partial charge in [-0.3, -0.25) is 19.7 Å². The van der Waals surface area contributed by atoms with Gasteiger partial charge in [-0.15, -0.1) is 0 Å². The third-order valence-electron chi connectivity index (χ3n) is 4.36. The molecule has 0 saturated carbocycles. The van der Waals surface area contributed by atoms with Gasteiger partial charge < -0.3 is 19.7 Å². The summed E-state index contributed by atoms with van der Waals surface area (Å²) in [5.41, 5.74) is 0.415. The van der Waals surface area contributed by atoms with Crippen molar-refractivity contribution in [2.24, 2.45) is 0 Å². The third kappa shape index (κ3) is 6.70. The van der Waals surface area contributed by atoms with Crippen LogP contribution in [-0.2, 0) is 14.3 Å². The van der Waals surface area contributed by atoms with Crippen molar-refractivity contribution >= 4 is 35.1 Å². The number of benzene rings is 1. The molecule has 0 bridgehead atoms. The van der Waals surface area contributed by atoms with E-state index < -0.39 is 17.9 Å². The number of carbonyl (C=O) groups excluding carboxylic acids is 3. The fraction of sp³-hybridized carbons (Fsp3) is 0.500. The first kappa shape index (κ1) is 22.6. The number of piperazine rings is 1. The molecule has 1 aromatic carbocycles. The van der Waals surface area contributed by atoms with Crippen LogP contribution in [0.4, 0.5) is 0 Å². The first-order valence-corrected chi connectivity index (χ1v) is 10.1. The lowest BCUT2D eigenvalue weighted by Gasteiger charge is -2.36. The van der Waals surface area contributed by atoms with E-state index in [-0.39, 0.29) is 24.0 Å². The molecule has 1 atom stereocenters. The van der Waals surface area contributed by atoms with Gasteiger partial charge in [-0.25, -0.2) is 0 Å². The maximum absolute atomic E-state index is 12.5. The Labute approximate surface area is 175 Å². The Bertz CT molecular complexity index is 738. The largest absolute Gasteiger partial charge is 0.494 e. The van der Waals surface area contributed by atoms with E-state index in [1.54, 1.807) is 36.1 Å². The molecule has 2 rings (SSSR count). The zero-order valence-corrected chi connectivity index (χ0v) is 17.5. The highest BCUT2D eigenvalue weighted by atomic mass is 32.1. The van der Waals surface area contributed by atoms with Crippen molar-refractivity contribution in [3.63, 3.8) is 0 Å². The van der Waals surface area contributed by atoms with Gasteiger partial charge in [0.05, 0.1) is 19.6 Å².